The summed E-state index contributed by atoms with van der Waals surface area (Å²) in [6, 6.07) is 6.25. The van der Waals surface area contributed by atoms with Crippen LogP contribution in [0.1, 0.15) is 28.8 Å². The summed E-state index contributed by atoms with van der Waals surface area (Å²) >= 11 is 2.29. The molecule has 110 valence electrons. The van der Waals surface area contributed by atoms with Crippen molar-refractivity contribution in [3.8, 4) is 0 Å². The molecule has 1 aromatic carbocycles. The minimum atomic E-state index is 0. The van der Waals surface area contributed by atoms with E-state index in [-0.39, 0.29) is 18.3 Å². The van der Waals surface area contributed by atoms with Gasteiger partial charge < -0.3 is 10.6 Å². The molecule has 1 aliphatic heterocycles. The second-order valence-corrected chi connectivity index (χ2v) is 7.00. The number of aryl methyl sites for hydroxylation is 1. The number of hydrogen-bond acceptors (Lipinski definition) is 2. The third kappa shape index (κ3) is 2.83. The van der Waals surface area contributed by atoms with E-state index in [9.17, 15) is 4.79 Å². The van der Waals surface area contributed by atoms with Gasteiger partial charge in [0.2, 0.25) is 0 Å². The van der Waals surface area contributed by atoms with Crippen LogP contribution < -0.4 is 5.73 Å². The first-order valence-electron chi connectivity index (χ1n) is 6.87. The fourth-order valence-electron chi connectivity index (χ4n) is 3.38. The molecule has 2 aliphatic rings. The van der Waals surface area contributed by atoms with Gasteiger partial charge in [-0.25, -0.2) is 0 Å². The Hall–Kier alpha value is -0.330. The summed E-state index contributed by atoms with van der Waals surface area (Å²) in [5.74, 6) is 1.32. The lowest BCUT2D eigenvalue weighted by Gasteiger charge is -2.19. The highest BCUT2D eigenvalue weighted by atomic mass is 127. The Kier molecular flexibility index (Phi) is 4.97. The van der Waals surface area contributed by atoms with E-state index in [0.717, 1.165) is 28.6 Å². The first-order chi connectivity index (χ1) is 9.06. The van der Waals surface area contributed by atoms with Crippen LogP contribution in [0.3, 0.4) is 0 Å². The normalized spacial score (nSPS) is 28.1. The van der Waals surface area contributed by atoms with E-state index >= 15 is 0 Å². The molecule has 0 spiro atoms. The van der Waals surface area contributed by atoms with Crippen LogP contribution in [0.2, 0.25) is 0 Å². The molecule has 1 aromatic rings. The predicted octanol–water partition coefficient (Wildman–Crippen LogP) is 2.83. The summed E-state index contributed by atoms with van der Waals surface area (Å²) in [4.78, 5) is 14.5. The summed E-state index contributed by atoms with van der Waals surface area (Å²) in [7, 11) is 0. The van der Waals surface area contributed by atoms with Crippen LogP contribution in [0.5, 0.6) is 0 Å². The van der Waals surface area contributed by atoms with Gasteiger partial charge in [-0.1, -0.05) is 6.07 Å². The minimum absolute atomic E-state index is 0. The summed E-state index contributed by atoms with van der Waals surface area (Å²) in [6.07, 6.45) is 2.31. The minimum Gasteiger partial charge on any atom is -0.338 e. The number of likely N-dealkylation sites (tertiary alicyclic amines) is 1. The van der Waals surface area contributed by atoms with Crippen molar-refractivity contribution in [2.45, 2.75) is 25.8 Å². The number of carbonyl (C=O) groups is 1. The number of benzene rings is 1. The number of rotatable bonds is 1. The molecule has 1 saturated carbocycles. The van der Waals surface area contributed by atoms with Crippen molar-refractivity contribution >= 4 is 40.9 Å². The number of halogens is 2. The highest BCUT2D eigenvalue weighted by molar-refractivity contribution is 14.1. The van der Waals surface area contributed by atoms with Gasteiger partial charge in [-0.3, -0.25) is 4.79 Å². The largest absolute Gasteiger partial charge is 0.338 e. The zero-order valence-corrected chi connectivity index (χ0v) is 14.5. The van der Waals surface area contributed by atoms with Crippen LogP contribution in [0.4, 0.5) is 0 Å². The summed E-state index contributed by atoms with van der Waals surface area (Å²) in [6.45, 7) is 3.80. The quantitative estimate of drug-likeness (QED) is 0.729. The fourth-order valence-corrected chi connectivity index (χ4v) is 3.90. The van der Waals surface area contributed by atoms with Gasteiger partial charge in [0.15, 0.2) is 0 Å². The molecule has 1 amide bonds. The molecule has 1 aliphatic carbocycles. The van der Waals surface area contributed by atoms with Gasteiger partial charge in [0.1, 0.15) is 0 Å². The van der Waals surface area contributed by atoms with E-state index in [0.29, 0.717) is 17.9 Å². The zero-order chi connectivity index (χ0) is 13.6. The second-order valence-electron chi connectivity index (χ2n) is 5.84. The molecule has 3 nitrogen and oxygen atoms in total. The summed E-state index contributed by atoms with van der Waals surface area (Å²) in [5, 5.41) is 0. The number of nitrogens with zero attached hydrogens (tertiary/aromatic N) is 1. The summed E-state index contributed by atoms with van der Waals surface area (Å²) < 4.78 is 1.15. The molecule has 3 rings (SSSR count). The van der Waals surface area contributed by atoms with Crippen molar-refractivity contribution in [2.24, 2.45) is 17.6 Å². The molecule has 2 fully saturated rings. The van der Waals surface area contributed by atoms with Crippen LogP contribution >= 0.6 is 35.0 Å². The van der Waals surface area contributed by atoms with Crippen molar-refractivity contribution in [1.82, 2.24) is 4.90 Å². The van der Waals surface area contributed by atoms with Crippen molar-refractivity contribution in [3.63, 3.8) is 0 Å². The first-order valence-corrected chi connectivity index (χ1v) is 7.95. The Morgan fingerprint density at radius 1 is 1.35 bits per heavy atom. The Morgan fingerprint density at radius 2 is 2.10 bits per heavy atom. The van der Waals surface area contributed by atoms with E-state index in [1.54, 1.807) is 0 Å². The maximum atomic E-state index is 12.5. The van der Waals surface area contributed by atoms with E-state index in [1.807, 2.05) is 23.1 Å². The monoisotopic (exact) mass is 406 g/mol. The molecule has 5 heteroatoms. The van der Waals surface area contributed by atoms with Gasteiger partial charge in [0.05, 0.1) is 0 Å². The maximum Gasteiger partial charge on any atom is 0.253 e. The highest BCUT2D eigenvalue weighted by Gasteiger charge is 2.42. The number of amides is 1. The maximum absolute atomic E-state index is 12.5. The SMILES string of the molecule is Cc1ccc(C(=O)N2CC3CCC(N)C3C2)cc1I.Cl. The molecule has 1 heterocycles. The molecule has 0 bridgehead atoms. The molecule has 0 radical (unpaired) electrons. The van der Waals surface area contributed by atoms with Gasteiger partial charge >= 0.3 is 0 Å². The first kappa shape index (κ1) is 16.0. The molecular formula is C15H20ClIN2O. The van der Waals surface area contributed by atoms with Gasteiger partial charge in [-0.15, -0.1) is 12.4 Å². The lowest BCUT2D eigenvalue weighted by molar-refractivity contribution is 0.0779. The van der Waals surface area contributed by atoms with E-state index < -0.39 is 0 Å². The second kappa shape index (κ2) is 6.20. The smallest absolute Gasteiger partial charge is 0.253 e. The van der Waals surface area contributed by atoms with Gasteiger partial charge in [0, 0.05) is 28.3 Å². The summed E-state index contributed by atoms with van der Waals surface area (Å²) in [5.41, 5.74) is 8.15. The zero-order valence-electron chi connectivity index (χ0n) is 11.5. The molecule has 3 atom stereocenters. The van der Waals surface area contributed by atoms with Crippen LogP contribution in [-0.4, -0.2) is 29.9 Å². The van der Waals surface area contributed by atoms with Gasteiger partial charge in [-0.05, 0) is 71.9 Å². The van der Waals surface area contributed by atoms with Crippen LogP contribution in [0.15, 0.2) is 18.2 Å². The third-order valence-electron chi connectivity index (χ3n) is 4.62. The molecule has 1 saturated heterocycles. The van der Waals surface area contributed by atoms with Crippen molar-refractivity contribution in [2.75, 3.05) is 13.1 Å². The topological polar surface area (TPSA) is 46.3 Å². The molecule has 20 heavy (non-hydrogen) atoms. The Morgan fingerprint density at radius 3 is 2.75 bits per heavy atom. The molecule has 3 unspecified atom stereocenters. The van der Waals surface area contributed by atoms with Gasteiger partial charge in [-0.2, -0.15) is 0 Å². The predicted molar refractivity (Wildman–Crippen MR) is 91.2 cm³/mol. The standard InChI is InChI=1S/C15H19IN2O.ClH/c1-9-2-3-10(6-13(9)16)15(19)18-7-11-4-5-14(17)12(11)8-18;/h2-3,6,11-12,14H,4-5,7-8,17H2,1H3;1H. The van der Waals surface area contributed by atoms with Gasteiger partial charge in [0.25, 0.3) is 5.91 Å². The van der Waals surface area contributed by atoms with E-state index in [1.165, 1.54) is 12.0 Å². The van der Waals surface area contributed by atoms with E-state index in [2.05, 4.69) is 29.5 Å². The van der Waals surface area contributed by atoms with Crippen LogP contribution in [-0.2, 0) is 0 Å². The number of carbonyl (C=O) groups excluding carboxylic acids is 1. The Labute approximate surface area is 139 Å². The molecular weight excluding hydrogens is 387 g/mol. The van der Waals surface area contributed by atoms with Crippen LogP contribution in [0, 0.1) is 22.3 Å². The molecule has 2 N–H and O–H groups in total. The number of hydrogen-bond donors (Lipinski definition) is 1. The lowest BCUT2D eigenvalue weighted by atomic mass is 9.98. The fraction of sp³-hybridized carbons (Fsp3) is 0.533. The molecule has 0 aromatic heterocycles. The third-order valence-corrected chi connectivity index (χ3v) is 5.78. The van der Waals surface area contributed by atoms with Crippen molar-refractivity contribution in [3.05, 3.63) is 32.9 Å². The van der Waals surface area contributed by atoms with Crippen molar-refractivity contribution < 1.29 is 4.79 Å². The van der Waals surface area contributed by atoms with E-state index in [4.69, 9.17) is 5.73 Å². The highest BCUT2D eigenvalue weighted by Crippen LogP contribution is 2.37. The number of fused-ring (bicyclic) bond motifs is 1. The van der Waals surface area contributed by atoms with Crippen LogP contribution in [0.25, 0.3) is 0 Å². The number of nitrogens with two attached hydrogens (primary N) is 1. The Bertz CT molecular complexity index is 523. The van der Waals surface area contributed by atoms with Crippen molar-refractivity contribution in [1.29, 1.82) is 0 Å². The average molecular weight is 407 g/mol. The average Bonchev–Trinajstić information content (AvgIpc) is 2.95. The lowest BCUT2D eigenvalue weighted by Crippen LogP contribution is -2.33. The Balaban J connectivity index is 0.00000147.